The van der Waals surface area contributed by atoms with Crippen LogP contribution in [0.15, 0.2) is 42.5 Å². The highest BCUT2D eigenvalue weighted by atomic mass is 14.4. The van der Waals surface area contributed by atoms with Crippen LogP contribution in [0.25, 0.3) is 10.8 Å². The Kier molecular flexibility index (Phi) is 3.06. The molecule has 2 aliphatic carbocycles. The van der Waals surface area contributed by atoms with Gasteiger partial charge in [0.15, 0.2) is 0 Å². The van der Waals surface area contributed by atoms with Gasteiger partial charge in [-0.2, -0.15) is 0 Å². The number of fused-ring (bicyclic) bond motifs is 2. The number of hydrogen-bond acceptors (Lipinski definition) is 0. The number of hydrogen-bond donors (Lipinski definition) is 0. The van der Waals surface area contributed by atoms with Crippen molar-refractivity contribution in [3.8, 4) is 0 Å². The zero-order valence-electron chi connectivity index (χ0n) is 12.4. The molecule has 2 saturated carbocycles. The summed E-state index contributed by atoms with van der Waals surface area (Å²) in [5.74, 6) is 3.66. The maximum atomic E-state index is 2.46. The Morgan fingerprint density at radius 3 is 2.70 bits per heavy atom. The minimum atomic E-state index is 0.803. The third-order valence-electron chi connectivity index (χ3n) is 5.82. The standard InChI is InChI=1S/C20H24/c1-14-12-16-8-5-10-18(16)20(13-14)19-11-4-7-15-6-2-3-9-17(15)19/h2-4,6-7,9,11,14,16,18,20H,5,8,10,12-13H2,1H3. The van der Waals surface area contributed by atoms with Gasteiger partial charge in [0, 0.05) is 0 Å². The van der Waals surface area contributed by atoms with Crippen LogP contribution < -0.4 is 0 Å². The summed E-state index contributed by atoms with van der Waals surface area (Å²) in [4.78, 5) is 0. The van der Waals surface area contributed by atoms with E-state index in [2.05, 4.69) is 49.4 Å². The van der Waals surface area contributed by atoms with Gasteiger partial charge in [0.25, 0.3) is 0 Å². The molecule has 0 amide bonds. The van der Waals surface area contributed by atoms with Gasteiger partial charge in [0.2, 0.25) is 0 Å². The zero-order chi connectivity index (χ0) is 13.5. The van der Waals surface area contributed by atoms with Gasteiger partial charge in [-0.15, -0.1) is 0 Å². The van der Waals surface area contributed by atoms with E-state index in [1.807, 2.05) is 0 Å². The first-order valence-electron chi connectivity index (χ1n) is 8.30. The fourth-order valence-corrected chi connectivity index (χ4v) is 5.04. The van der Waals surface area contributed by atoms with Crippen molar-refractivity contribution in [1.29, 1.82) is 0 Å². The lowest BCUT2D eigenvalue weighted by Crippen LogP contribution is -2.27. The molecule has 2 fully saturated rings. The van der Waals surface area contributed by atoms with Crippen LogP contribution in [0, 0.1) is 17.8 Å². The Bertz CT molecular complexity index is 607. The van der Waals surface area contributed by atoms with Gasteiger partial charge >= 0.3 is 0 Å². The molecule has 0 N–H and O–H groups in total. The molecular weight excluding hydrogens is 240 g/mol. The highest BCUT2D eigenvalue weighted by molar-refractivity contribution is 5.86. The average Bonchev–Trinajstić information content (AvgIpc) is 2.94. The van der Waals surface area contributed by atoms with E-state index in [0.717, 1.165) is 23.7 Å². The lowest BCUT2D eigenvalue weighted by atomic mass is 9.67. The minimum absolute atomic E-state index is 0.803. The van der Waals surface area contributed by atoms with Crippen molar-refractivity contribution in [2.24, 2.45) is 17.8 Å². The quantitative estimate of drug-likeness (QED) is 0.613. The van der Waals surface area contributed by atoms with Gasteiger partial charge in [-0.05, 0) is 59.3 Å². The Labute approximate surface area is 122 Å². The molecule has 4 atom stereocenters. The average molecular weight is 264 g/mol. The van der Waals surface area contributed by atoms with Crippen molar-refractivity contribution >= 4 is 10.8 Å². The second-order valence-corrected chi connectivity index (χ2v) is 7.11. The van der Waals surface area contributed by atoms with Gasteiger partial charge in [-0.1, -0.05) is 62.2 Å². The largest absolute Gasteiger partial charge is 0.0625 e. The van der Waals surface area contributed by atoms with Gasteiger partial charge < -0.3 is 0 Å². The van der Waals surface area contributed by atoms with Gasteiger partial charge in [0.1, 0.15) is 0 Å². The molecule has 0 aromatic heterocycles. The summed E-state index contributed by atoms with van der Waals surface area (Å²) >= 11 is 0. The van der Waals surface area contributed by atoms with Crippen LogP contribution in [0.4, 0.5) is 0 Å². The third kappa shape index (κ3) is 1.97. The van der Waals surface area contributed by atoms with Crippen LogP contribution in [0.5, 0.6) is 0 Å². The summed E-state index contributed by atoms with van der Waals surface area (Å²) in [6.45, 7) is 2.46. The monoisotopic (exact) mass is 264 g/mol. The summed E-state index contributed by atoms with van der Waals surface area (Å²) in [5, 5.41) is 2.91. The molecule has 0 radical (unpaired) electrons. The molecule has 0 aliphatic heterocycles. The fourth-order valence-electron chi connectivity index (χ4n) is 5.04. The van der Waals surface area contributed by atoms with Gasteiger partial charge in [-0.25, -0.2) is 0 Å². The molecule has 0 spiro atoms. The van der Waals surface area contributed by atoms with E-state index < -0.39 is 0 Å². The van der Waals surface area contributed by atoms with E-state index in [1.165, 1.54) is 42.9 Å². The van der Waals surface area contributed by atoms with Crippen LogP contribution in [0.2, 0.25) is 0 Å². The smallest absolute Gasteiger partial charge is 0.0122 e. The molecule has 2 aliphatic rings. The molecule has 20 heavy (non-hydrogen) atoms. The Hall–Kier alpha value is -1.30. The van der Waals surface area contributed by atoms with Crippen LogP contribution >= 0.6 is 0 Å². The molecule has 104 valence electrons. The maximum Gasteiger partial charge on any atom is -0.0122 e. The van der Waals surface area contributed by atoms with Crippen molar-refractivity contribution in [2.45, 2.75) is 44.9 Å². The third-order valence-corrected chi connectivity index (χ3v) is 5.82. The van der Waals surface area contributed by atoms with E-state index in [-0.39, 0.29) is 0 Å². The van der Waals surface area contributed by atoms with Crippen molar-refractivity contribution in [2.75, 3.05) is 0 Å². The summed E-state index contributed by atoms with van der Waals surface area (Å²) in [6.07, 6.45) is 7.28. The summed E-state index contributed by atoms with van der Waals surface area (Å²) in [7, 11) is 0. The fraction of sp³-hybridized carbons (Fsp3) is 0.500. The topological polar surface area (TPSA) is 0 Å². The molecule has 4 rings (SSSR count). The Balaban J connectivity index is 1.81. The summed E-state index contributed by atoms with van der Waals surface area (Å²) < 4.78 is 0. The molecule has 0 saturated heterocycles. The predicted octanol–water partition coefficient (Wildman–Crippen LogP) is 5.77. The van der Waals surface area contributed by atoms with Crippen LogP contribution in [0.3, 0.4) is 0 Å². The molecule has 0 heteroatoms. The summed E-state index contributed by atoms with van der Waals surface area (Å²) in [5.41, 5.74) is 1.63. The van der Waals surface area contributed by atoms with Gasteiger partial charge in [0.05, 0.1) is 0 Å². The van der Waals surface area contributed by atoms with Crippen LogP contribution in [-0.2, 0) is 0 Å². The van der Waals surface area contributed by atoms with Crippen LogP contribution in [-0.4, -0.2) is 0 Å². The highest BCUT2D eigenvalue weighted by Gasteiger charge is 2.39. The lowest BCUT2D eigenvalue weighted by Gasteiger charge is -2.38. The highest BCUT2D eigenvalue weighted by Crippen LogP contribution is 2.52. The minimum Gasteiger partial charge on any atom is -0.0625 e. The first kappa shape index (κ1) is 12.4. The lowest BCUT2D eigenvalue weighted by molar-refractivity contribution is 0.187. The molecule has 4 unspecified atom stereocenters. The normalized spacial score (nSPS) is 33.2. The first-order chi connectivity index (χ1) is 9.83. The molecule has 0 bridgehead atoms. The van der Waals surface area contributed by atoms with Gasteiger partial charge in [-0.3, -0.25) is 0 Å². The van der Waals surface area contributed by atoms with E-state index >= 15 is 0 Å². The van der Waals surface area contributed by atoms with E-state index in [4.69, 9.17) is 0 Å². The molecule has 2 aromatic carbocycles. The van der Waals surface area contributed by atoms with E-state index in [9.17, 15) is 0 Å². The van der Waals surface area contributed by atoms with Crippen molar-refractivity contribution in [1.82, 2.24) is 0 Å². The first-order valence-corrected chi connectivity index (χ1v) is 8.30. The predicted molar refractivity (Wildman–Crippen MR) is 85.9 cm³/mol. The number of rotatable bonds is 1. The van der Waals surface area contributed by atoms with Crippen LogP contribution in [0.1, 0.15) is 50.5 Å². The van der Waals surface area contributed by atoms with Crippen molar-refractivity contribution < 1.29 is 0 Å². The Morgan fingerprint density at radius 1 is 0.900 bits per heavy atom. The zero-order valence-corrected chi connectivity index (χ0v) is 12.4. The maximum absolute atomic E-state index is 2.46. The summed E-state index contributed by atoms with van der Waals surface area (Å²) in [6, 6.07) is 15.9. The second kappa shape index (κ2) is 4.91. The van der Waals surface area contributed by atoms with E-state index in [0.29, 0.717) is 0 Å². The number of benzene rings is 2. The molecular formula is C20H24. The Morgan fingerprint density at radius 2 is 1.75 bits per heavy atom. The molecule has 2 aromatic rings. The second-order valence-electron chi connectivity index (χ2n) is 7.11. The van der Waals surface area contributed by atoms with Crippen molar-refractivity contribution in [3.63, 3.8) is 0 Å². The molecule has 0 heterocycles. The van der Waals surface area contributed by atoms with E-state index in [1.54, 1.807) is 5.56 Å². The van der Waals surface area contributed by atoms with Crippen molar-refractivity contribution in [3.05, 3.63) is 48.0 Å². The SMILES string of the molecule is CC1CC2CCCC2C(c2cccc3ccccc23)C1. The molecule has 0 nitrogen and oxygen atoms in total.